The Bertz CT molecular complexity index is 638. The number of aliphatic hydroxyl groups is 1. The maximum atomic E-state index is 10.7. The summed E-state index contributed by atoms with van der Waals surface area (Å²) >= 11 is 0. The molecule has 2 fully saturated rings. The minimum atomic E-state index is -0.663. The quantitative estimate of drug-likeness (QED) is 0.884. The zero-order valence-electron chi connectivity index (χ0n) is 11.0. The van der Waals surface area contributed by atoms with E-state index >= 15 is 0 Å². The highest BCUT2D eigenvalue weighted by Gasteiger charge is 2.39. The van der Waals surface area contributed by atoms with Crippen LogP contribution in [0.15, 0.2) is 18.5 Å². The maximum Gasteiger partial charge on any atom is 0.143 e. The van der Waals surface area contributed by atoms with Gasteiger partial charge in [-0.3, -0.25) is 0 Å². The highest BCUT2D eigenvalue weighted by molar-refractivity contribution is 5.55. The van der Waals surface area contributed by atoms with Crippen LogP contribution in [0.1, 0.15) is 54.8 Å². The van der Waals surface area contributed by atoms with E-state index in [2.05, 4.69) is 21.6 Å². The molecule has 2 saturated carbocycles. The summed E-state index contributed by atoms with van der Waals surface area (Å²) in [6, 6.07) is 2.18. The van der Waals surface area contributed by atoms with Crippen LogP contribution in [-0.2, 0) is 12.1 Å². The molecule has 0 spiro atoms. The molecule has 0 aromatic carbocycles. The highest BCUT2D eigenvalue weighted by atomic mass is 16.3. The predicted octanol–water partition coefficient (Wildman–Crippen LogP) is 2.04. The fourth-order valence-corrected chi connectivity index (χ4v) is 3.03. The van der Waals surface area contributed by atoms with Gasteiger partial charge in [-0.05, 0) is 49.7 Å². The molecule has 2 aromatic heterocycles. The van der Waals surface area contributed by atoms with Gasteiger partial charge in [-0.1, -0.05) is 0 Å². The van der Waals surface area contributed by atoms with Crippen LogP contribution in [0.2, 0.25) is 0 Å². The predicted molar refractivity (Wildman–Crippen MR) is 72.8 cm³/mol. The van der Waals surface area contributed by atoms with Crippen molar-refractivity contribution in [2.75, 3.05) is 0 Å². The Morgan fingerprint density at radius 2 is 2.16 bits per heavy atom. The minimum absolute atomic E-state index is 0.443. The van der Waals surface area contributed by atoms with E-state index in [0.29, 0.717) is 12.5 Å². The minimum Gasteiger partial charge on any atom is -0.385 e. The van der Waals surface area contributed by atoms with Gasteiger partial charge in [-0.25, -0.2) is 4.98 Å². The number of aromatic nitrogens is 2. The van der Waals surface area contributed by atoms with Gasteiger partial charge in [-0.2, -0.15) is 0 Å². The number of nitrogens with two attached hydrogens (primary N) is 1. The van der Waals surface area contributed by atoms with E-state index in [1.54, 1.807) is 0 Å². The van der Waals surface area contributed by atoms with Gasteiger partial charge in [0.05, 0.1) is 11.3 Å². The lowest BCUT2D eigenvalue weighted by atomic mass is 9.75. The summed E-state index contributed by atoms with van der Waals surface area (Å²) in [5, 5.41) is 10.7. The molecule has 2 aromatic rings. The SMILES string of the molecule is NCc1cn2cc(C3CC3)cc(C3(O)CCC3)c2n1. The van der Waals surface area contributed by atoms with Crippen molar-refractivity contribution in [1.29, 1.82) is 0 Å². The first kappa shape index (κ1) is 11.4. The fourth-order valence-electron chi connectivity index (χ4n) is 3.03. The Labute approximate surface area is 112 Å². The third-order valence-corrected chi connectivity index (χ3v) is 4.56. The Morgan fingerprint density at radius 3 is 2.74 bits per heavy atom. The number of imidazole rings is 1. The first-order valence-electron chi connectivity index (χ1n) is 7.14. The van der Waals surface area contributed by atoms with Crippen LogP contribution in [-0.4, -0.2) is 14.5 Å². The summed E-state index contributed by atoms with van der Waals surface area (Å²) in [6.07, 6.45) is 9.48. The number of rotatable bonds is 3. The van der Waals surface area contributed by atoms with Crippen molar-refractivity contribution in [1.82, 2.24) is 9.38 Å². The Hall–Kier alpha value is -1.39. The standard InChI is InChI=1S/C15H19N3O/c16-7-12-9-18-8-11(10-2-3-10)6-13(14(18)17-12)15(19)4-1-5-15/h6,8-10,19H,1-5,7,16H2. The van der Waals surface area contributed by atoms with Crippen LogP contribution in [0, 0.1) is 0 Å². The third kappa shape index (κ3) is 1.70. The normalized spacial score (nSPS) is 21.6. The van der Waals surface area contributed by atoms with E-state index in [1.807, 2.05) is 6.20 Å². The monoisotopic (exact) mass is 257 g/mol. The van der Waals surface area contributed by atoms with Crippen molar-refractivity contribution >= 4 is 5.65 Å². The molecule has 0 saturated heterocycles. The first-order valence-corrected chi connectivity index (χ1v) is 7.14. The van der Waals surface area contributed by atoms with Gasteiger partial charge in [0.25, 0.3) is 0 Å². The number of hydrogen-bond acceptors (Lipinski definition) is 3. The maximum absolute atomic E-state index is 10.7. The van der Waals surface area contributed by atoms with Gasteiger partial charge < -0.3 is 15.2 Å². The second-order valence-corrected chi connectivity index (χ2v) is 6.01. The molecule has 2 aliphatic carbocycles. The summed E-state index contributed by atoms with van der Waals surface area (Å²) in [4.78, 5) is 4.58. The molecule has 0 radical (unpaired) electrons. The molecular formula is C15H19N3O. The van der Waals surface area contributed by atoms with Crippen molar-refractivity contribution in [3.63, 3.8) is 0 Å². The fraction of sp³-hybridized carbons (Fsp3) is 0.533. The van der Waals surface area contributed by atoms with Crippen molar-refractivity contribution in [3.05, 3.63) is 35.3 Å². The molecule has 3 N–H and O–H groups in total. The third-order valence-electron chi connectivity index (χ3n) is 4.56. The van der Waals surface area contributed by atoms with E-state index in [-0.39, 0.29) is 0 Å². The molecule has 0 amide bonds. The van der Waals surface area contributed by atoms with Gasteiger partial charge in [-0.15, -0.1) is 0 Å². The number of nitrogens with zero attached hydrogens (tertiary/aromatic N) is 2. The second kappa shape index (κ2) is 3.81. The van der Waals surface area contributed by atoms with Crippen molar-refractivity contribution < 1.29 is 5.11 Å². The molecule has 2 aliphatic rings. The lowest BCUT2D eigenvalue weighted by Gasteiger charge is -2.37. The molecule has 4 rings (SSSR count). The molecule has 0 aliphatic heterocycles. The van der Waals surface area contributed by atoms with E-state index < -0.39 is 5.60 Å². The molecule has 19 heavy (non-hydrogen) atoms. The molecular weight excluding hydrogens is 238 g/mol. The van der Waals surface area contributed by atoms with Gasteiger partial charge in [0.2, 0.25) is 0 Å². The van der Waals surface area contributed by atoms with E-state index in [9.17, 15) is 5.11 Å². The Kier molecular flexibility index (Phi) is 2.29. The van der Waals surface area contributed by atoms with Crippen LogP contribution in [0.25, 0.3) is 5.65 Å². The summed E-state index contributed by atoms with van der Waals surface area (Å²) in [5.74, 6) is 0.676. The summed E-state index contributed by atoms with van der Waals surface area (Å²) in [5.41, 5.74) is 9.14. The summed E-state index contributed by atoms with van der Waals surface area (Å²) in [6.45, 7) is 0.443. The van der Waals surface area contributed by atoms with Gasteiger partial charge in [0, 0.05) is 24.5 Å². The van der Waals surface area contributed by atoms with Crippen LogP contribution in [0.4, 0.5) is 0 Å². The average Bonchev–Trinajstić information content (AvgIpc) is 3.14. The highest BCUT2D eigenvalue weighted by Crippen LogP contribution is 2.46. The molecule has 0 atom stereocenters. The van der Waals surface area contributed by atoms with Crippen LogP contribution in [0.5, 0.6) is 0 Å². The van der Waals surface area contributed by atoms with E-state index in [1.165, 1.54) is 18.4 Å². The molecule has 2 heterocycles. The van der Waals surface area contributed by atoms with Gasteiger partial charge in [0.1, 0.15) is 5.65 Å². The van der Waals surface area contributed by atoms with Gasteiger partial charge in [0.15, 0.2) is 0 Å². The smallest absolute Gasteiger partial charge is 0.143 e. The molecule has 4 nitrogen and oxygen atoms in total. The van der Waals surface area contributed by atoms with Crippen LogP contribution >= 0.6 is 0 Å². The molecule has 100 valence electrons. The molecule has 4 heteroatoms. The number of fused-ring (bicyclic) bond motifs is 1. The average molecular weight is 257 g/mol. The van der Waals surface area contributed by atoms with Crippen molar-refractivity contribution in [2.45, 2.75) is 50.2 Å². The zero-order chi connectivity index (χ0) is 13.0. The lowest BCUT2D eigenvalue weighted by molar-refractivity contribution is -0.0379. The number of pyridine rings is 1. The van der Waals surface area contributed by atoms with Crippen LogP contribution < -0.4 is 5.73 Å². The van der Waals surface area contributed by atoms with Gasteiger partial charge >= 0.3 is 0 Å². The lowest BCUT2D eigenvalue weighted by Crippen LogP contribution is -2.34. The number of hydrogen-bond donors (Lipinski definition) is 2. The largest absolute Gasteiger partial charge is 0.385 e. The molecule has 0 bridgehead atoms. The summed E-state index contributed by atoms with van der Waals surface area (Å²) in [7, 11) is 0. The van der Waals surface area contributed by atoms with E-state index in [4.69, 9.17) is 5.73 Å². The molecule has 0 unspecified atom stereocenters. The summed E-state index contributed by atoms with van der Waals surface area (Å²) < 4.78 is 2.06. The Morgan fingerprint density at radius 1 is 1.37 bits per heavy atom. The van der Waals surface area contributed by atoms with Crippen molar-refractivity contribution in [2.24, 2.45) is 5.73 Å². The van der Waals surface area contributed by atoms with E-state index in [0.717, 1.165) is 36.2 Å². The Balaban J connectivity index is 1.94. The first-order chi connectivity index (χ1) is 9.19. The topological polar surface area (TPSA) is 63.5 Å². The van der Waals surface area contributed by atoms with Crippen molar-refractivity contribution in [3.8, 4) is 0 Å². The zero-order valence-corrected chi connectivity index (χ0v) is 11.0. The van der Waals surface area contributed by atoms with Crippen LogP contribution in [0.3, 0.4) is 0 Å². The second-order valence-electron chi connectivity index (χ2n) is 6.01.